The summed E-state index contributed by atoms with van der Waals surface area (Å²) >= 11 is 0. The molecule has 8 heteroatoms. The van der Waals surface area contributed by atoms with Crippen LogP contribution in [0.5, 0.6) is 0 Å². The Morgan fingerprint density at radius 1 is 1.19 bits per heavy atom. The smallest absolute Gasteiger partial charge is 0.339 e. The van der Waals surface area contributed by atoms with E-state index in [1.165, 1.54) is 6.92 Å². The zero-order valence-corrected chi connectivity index (χ0v) is 15.0. The van der Waals surface area contributed by atoms with Gasteiger partial charge in [0, 0.05) is 16.9 Å². The Bertz CT molecular complexity index is 1050. The van der Waals surface area contributed by atoms with Crippen molar-refractivity contribution >= 4 is 34.4 Å². The molecule has 1 N–H and O–H groups in total. The molecule has 1 aromatic carbocycles. The number of nitrogens with zero attached hydrogens (tertiary/aromatic N) is 2. The number of carbonyl (C=O) groups excluding carboxylic acids is 3. The molecule has 27 heavy (non-hydrogen) atoms. The lowest BCUT2D eigenvalue weighted by atomic mass is 10.1. The summed E-state index contributed by atoms with van der Waals surface area (Å²) < 4.78 is 10.2. The van der Waals surface area contributed by atoms with Crippen LogP contribution in [-0.2, 0) is 9.53 Å². The van der Waals surface area contributed by atoms with Crippen molar-refractivity contribution in [2.75, 3.05) is 11.9 Å². The first kappa shape index (κ1) is 18.2. The molecule has 0 aliphatic carbocycles. The van der Waals surface area contributed by atoms with Gasteiger partial charge in [0.25, 0.3) is 11.6 Å². The van der Waals surface area contributed by atoms with Gasteiger partial charge in [0.1, 0.15) is 0 Å². The average Bonchev–Trinajstić information content (AvgIpc) is 3.00. The van der Waals surface area contributed by atoms with Gasteiger partial charge in [-0.3, -0.25) is 9.59 Å². The predicted molar refractivity (Wildman–Crippen MR) is 96.6 cm³/mol. The number of hydrogen-bond donors (Lipinski definition) is 1. The summed E-state index contributed by atoms with van der Waals surface area (Å²) in [6.07, 6.45) is 0. The Balaban J connectivity index is 1.69. The van der Waals surface area contributed by atoms with Crippen molar-refractivity contribution in [2.24, 2.45) is 0 Å². The van der Waals surface area contributed by atoms with Gasteiger partial charge in [-0.15, -0.1) is 0 Å². The van der Waals surface area contributed by atoms with Crippen molar-refractivity contribution < 1.29 is 23.6 Å². The third-order valence-electron chi connectivity index (χ3n) is 3.85. The summed E-state index contributed by atoms with van der Waals surface area (Å²) in [7, 11) is 0. The first-order chi connectivity index (χ1) is 12.8. The van der Waals surface area contributed by atoms with Crippen LogP contribution in [0.2, 0.25) is 0 Å². The number of Topliss-reactive ketones (excluding diaryl/α,β-unsaturated/α-hetero) is 1. The Morgan fingerprint density at radius 3 is 2.70 bits per heavy atom. The lowest BCUT2D eigenvalue weighted by molar-refractivity contribution is -0.119. The van der Waals surface area contributed by atoms with Crippen molar-refractivity contribution in [2.45, 2.75) is 20.8 Å². The minimum atomic E-state index is -0.676. The molecule has 0 aliphatic heterocycles. The predicted octanol–water partition coefficient (Wildman–Crippen LogP) is 2.84. The average molecular weight is 367 g/mol. The summed E-state index contributed by atoms with van der Waals surface area (Å²) in [5.41, 5.74) is 2.47. The second-order valence-electron chi connectivity index (χ2n) is 6.02. The van der Waals surface area contributed by atoms with Crippen molar-refractivity contribution in [1.29, 1.82) is 0 Å². The Kier molecular flexibility index (Phi) is 4.98. The van der Waals surface area contributed by atoms with Gasteiger partial charge in [-0.25, -0.2) is 9.78 Å². The molecule has 2 heterocycles. The molecule has 0 bridgehead atoms. The van der Waals surface area contributed by atoms with E-state index in [0.29, 0.717) is 28.0 Å². The maximum atomic E-state index is 12.4. The molecule has 0 radical (unpaired) electrons. The van der Waals surface area contributed by atoms with Crippen molar-refractivity contribution in [3.05, 3.63) is 52.8 Å². The molecular weight excluding hydrogens is 350 g/mol. The second-order valence-corrected chi connectivity index (χ2v) is 6.02. The molecule has 3 rings (SSSR count). The SMILES string of the molecule is CC(=O)c1cccc(NC(=O)COC(=O)c2cc(C)nc3onc(C)c23)c1. The van der Waals surface area contributed by atoms with Gasteiger partial charge < -0.3 is 14.6 Å². The van der Waals surface area contributed by atoms with Crippen molar-refractivity contribution in [1.82, 2.24) is 10.1 Å². The molecular formula is C19H17N3O5. The minimum Gasteiger partial charge on any atom is -0.452 e. The van der Waals surface area contributed by atoms with Gasteiger partial charge in [0.15, 0.2) is 12.4 Å². The van der Waals surface area contributed by atoms with Crippen LogP contribution in [0.15, 0.2) is 34.9 Å². The summed E-state index contributed by atoms with van der Waals surface area (Å²) in [6, 6.07) is 8.06. The molecule has 0 fully saturated rings. The topological polar surface area (TPSA) is 111 Å². The quantitative estimate of drug-likeness (QED) is 0.545. The second kappa shape index (κ2) is 7.36. The number of fused-ring (bicyclic) bond motifs is 1. The van der Waals surface area contributed by atoms with E-state index < -0.39 is 18.5 Å². The number of ketones is 1. The lowest BCUT2D eigenvalue weighted by Gasteiger charge is -2.08. The number of hydrogen-bond acceptors (Lipinski definition) is 7. The van der Waals surface area contributed by atoms with E-state index in [9.17, 15) is 14.4 Å². The standard InChI is InChI=1S/C19H17N3O5/c1-10-7-15(17-11(2)22-27-18(17)20-10)19(25)26-9-16(24)21-14-6-4-5-13(8-14)12(3)23/h4-8H,9H2,1-3H3,(H,21,24). The van der Waals surface area contributed by atoms with Crippen LogP contribution in [0.25, 0.3) is 11.1 Å². The van der Waals surface area contributed by atoms with Gasteiger partial charge in [0.05, 0.1) is 16.6 Å². The number of rotatable bonds is 5. The number of amides is 1. The number of anilines is 1. The zero-order valence-electron chi connectivity index (χ0n) is 15.0. The highest BCUT2D eigenvalue weighted by molar-refractivity contribution is 6.04. The molecule has 2 aromatic heterocycles. The summed E-state index contributed by atoms with van der Waals surface area (Å²) in [4.78, 5) is 40.0. The van der Waals surface area contributed by atoms with E-state index in [4.69, 9.17) is 9.26 Å². The van der Waals surface area contributed by atoms with Crippen LogP contribution < -0.4 is 5.32 Å². The molecule has 0 aliphatic rings. The fourth-order valence-corrected chi connectivity index (χ4v) is 2.60. The van der Waals surface area contributed by atoms with Crippen LogP contribution >= 0.6 is 0 Å². The highest BCUT2D eigenvalue weighted by Gasteiger charge is 2.19. The molecule has 0 unspecified atom stereocenters. The summed E-state index contributed by atoms with van der Waals surface area (Å²) in [5, 5.41) is 6.85. The van der Waals surface area contributed by atoms with Crippen molar-refractivity contribution in [3.8, 4) is 0 Å². The van der Waals surface area contributed by atoms with Gasteiger partial charge >= 0.3 is 5.97 Å². The number of benzene rings is 1. The molecule has 0 saturated carbocycles. The summed E-state index contributed by atoms with van der Waals surface area (Å²) in [5.74, 6) is -1.31. The van der Waals surface area contributed by atoms with Gasteiger partial charge in [-0.1, -0.05) is 17.3 Å². The Hall–Kier alpha value is -3.55. The number of carbonyl (C=O) groups is 3. The monoisotopic (exact) mass is 367 g/mol. The van der Waals surface area contributed by atoms with Crippen LogP contribution in [0.1, 0.15) is 39.0 Å². The van der Waals surface area contributed by atoms with E-state index in [2.05, 4.69) is 15.5 Å². The maximum absolute atomic E-state index is 12.4. The minimum absolute atomic E-state index is 0.112. The Labute approximate surface area is 154 Å². The van der Waals surface area contributed by atoms with Gasteiger partial charge in [-0.2, -0.15) is 0 Å². The highest BCUT2D eigenvalue weighted by Crippen LogP contribution is 2.22. The first-order valence-corrected chi connectivity index (χ1v) is 8.16. The maximum Gasteiger partial charge on any atom is 0.339 e. The van der Waals surface area contributed by atoms with Crippen LogP contribution in [0, 0.1) is 13.8 Å². The number of aryl methyl sites for hydroxylation is 2. The van der Waals surface area contributed by atoms with E-state index in [1.807, 2.05) is 0 Å². The zero-order chi connectivity index (χ0) is 19.6. The van der Waals surface area contributed by atoms with Gasteiger partial charge in [0.2, 0.25) is 0 Å². The number of nitrogens with one attached hydrogen (secondary N) is 1. The van der Waals surface area contributed by atoms with E-state index >= 15 is 0 Å². The number of esters is 1. The molecule has 0 spiro atoms. The fraction of sp³-hybridized carbons (Fsp3) is 0.211. The number of ether oxygens (including phenoxy) is 1. The van der Waals surface area contributed by atoms with Gasteiger partial charge in [-0.05, 0) is 39.0 Å². The third-order valence-corrected chi connectivity index (χ3v) is 3.85. The van der Waals surface area contributed by atoms with Crippen LogP contribution in [0.3, 0.4) is 0 Å². The van der Waals surface area contributed by atoms with E-state index in [-0.39, 0.29) is 17.1 Å². The molecule has 138 valence electrons. The highest BCUT2D eigenvalue weighted by atomic mass is 16.5. The number of aromatic nitrogens is 2. The number of pyridine rings is 1. The van der Waals surface area contributed by atoms with Crippen molar-refractivity contribution in [3.63, 3.8) is 0 Å². The Morgan fingerprint density at radius 2 is 1.96 bits per heavy atom. The van der Waals surface area contributed by atoms with E-state index in [1.54, 1.807) is 44.2 Å². The molecule has 1 amide bonds. The normalized spacial score (nSPS) is 10.6. The van der Waals surface area contributed by atoms with E-state index in [0.717, 1.165) is 0 Å². The molecule has 3 aromatic rings. The first-order valence-electron chi connectivity index (χ1n) is 8.16. The van der Waals surface area contributed by atoms with Crippen LogP contribution in [-0.4, -0.2) is 34.4 Å². The third kappa shape index (κ3) is 4.00. The summed E-state index contributed by atoms with van der Waals surface area (Å²) in [6.45, 7) is 4.36. The fourth-order valence-electron chi connectivity index (χ4n) is 2.60. The lowest BCUT2D eigenvalue weighted by Crippen LogP contribution is -2.21. The molecule has 8 nitrogen and oxygen atoms in total. The van der Waals surface area contributed by atoms with Crippen LogP contribution in [0.4, 0.5) is 5.69 Å². The molecule has 0 atom stereocenters. The molecule has 0 saturated heterocycles. The largest absolute Gasteiger partial charge is 0.452 e.